The lowest BCUT2D eigenvalue weighted by Gasteiger charge is -2.25. The third kappa shape index (κ3) is 6.78. The number of carboxylic acid groups (broad SMARTS) is 1. The molecule has 0 unspecified atom stereocenters. The van der Waals surface area contributed by atoms with Crippen molar-refractivity contribution in [2.75, 3.05) is 13.1 Å². The smallest absolute Gasteiger partial charge is 0.475 e. The standard InChI is InChI=1S/C20H23FN2O.C2HF3O2/c1-14(19(22)20(24)23-12-11-18(21)13-23)15-7-9-17(10-8-15)16-5-3-2-4-6-16;3-2(4,5)1(6)7/h2-10,14,18-19H,11-13,22H2,1H3;(H,6,7)/t14-,18-,19-;/m0./s1. The summed E-state index contributed by atoms with van der Waals surface area (Å²) in [6.07, 6.45) is -5.58. The number of halogens is 4. The molecule has 3 atom stereocenters. The molecule has 0 bridgehead atoms. The van der Waals surface area contributed by atoms with Crippen LogP contribution in [0.3, 0.4) is 0 Å². The van der Waals surface area contributed by atoms with Crippen molar-refractivity contribution < 1.29 is 32.3 Å². The zero-order chi connectivity index (χ0) is 23.2. The Morgan fingerprint density at radius 2 is 1.58 bits per heavy atom. The number of carbonyl (C=O) groups excluding carboxylic acids is 1. The monoisotopic (exact) mass is 440 g/mol. The highest BCUT2D eigenvalue weighted by Crippen LogP contribution is 2.25. The maximum atomic E-state index is 13.3. The van der Waals surface area contributed by atoms with Crippen molar-refractivity contribution in [3.63, 3.8) is 0 Å². The van der Waals surface area contributed by atoms with E-state index in [0.29, 0.717) is 13.0 Å². The fourth-order valence-electron chi connectivity index (χ4n) is 3.16. The van der Waals surface area contributed by atoms with Gasteiger partial charge in [0.2, 0.25) is 5.91 Å². The van der Waals surface area contributed by atoms with Crippen molar-refractivity contribution in [2.24, 2.45) is 5.73 Å². The predicted octanol–water partition coefficient (Wildman–Crippen LogP) is 3.99. The summed E-state index contributed by atoms with van der Waals surface area (Å²) >= 11 is 0. The number of hydrogen-bond donors (Lipinski definition) is 2. The fraction of sp³-hybridized carbons (Fsp3) is 0.364. The molecule has 0 spiro atoms. The molecule has 31 heavy (non-hydrogen) atoms. The molecule has 1 aliphatic rings. The van der Waals surface area contributed by atoms with Crippen molar-refractivity contribution in [3.05, 3.63) is 60.2 Å². The first-order valence-corrected chi connectivity index (χ1v) is 9.64. The number of carboxylic acids is 1. The van der Waals surface area contributed by atoms with Gasteiger partial charge in [0.25, 0.3) is 0 Å². The molecule has 0 aliphatic carbocycles. The molecular formula is C22H24F4N2O3. The molecule has 9 heteroatoms. The molecule has 1 aliphatic heterocycles. The van der Waals surface area contributed by atoms with Crippen molar-refractivity contribution in [2.45, 2.75) is 37.7 Å². The van der Waals surface area contributed by atoms with Crippen molar-refractivity contribution in [1.29, 1.82) is 0 Å². The second-order valence-electron chi connectivity index (χ2n) is 7.28. The number of aliphatic carboxylic acids is 1. The van der Waals surface area contributed by atoms with E-state index in [0.717, 1.165) is 16.7 Å². The van der Waals surface area contributed by atoms with Gasteiger partial charge in [0.15, 0.2) is 0 Å². The fourth-order valence-corrected chi connectivity index (χ4v) is 3.16. The summed E-state index contributed by atoms with van der Waals surface area (Å²) in [6.45, 7) is 2.59. The van der Waals surface area contributed by atoms with Crippen molar-refractivity contribution in [1.82, 2.24) is 4.90 Å². The Balaban J connectivity index is 0.000000423. The van der Waals surface area contributed by atoms with E-state index >= 15 is 0 Å². The molecule has 5 nitrogen and oxygen atoms in total. The quantitative estimate of drug-likeness (QED) is 0.705. The zero-order valence-corrected chi connectivity index (χ0v) is 16.8. The summed E-state index contributed by atoms with van der Waals surface area (Å²) in [7, 11) is 0. The van der Waals surface area contributed by atoms with Gasteiger partial charge in [-0.15, -0.1) is 0 Å². The molecule has 0 radical (unpaired) electrons. The van der Waals surface area contributed by atoms with Crippen LogP contribution in [0.4, 0.5) is 17.6 Å². The summed E-state index contributed by atoms with van der Waals surface area (Å²) in [4.78, 5) is 22.9. The van der Waals surface area contributed by atoms with E-state index in [1.807, 2.05) is 49.4 Å². The van der Waals surface area contributed by atoms with Crippen LogP contribution < -0.4 is 5.73 Å². The number of likely N-dealkylation sites (tertiary alicyclic amines) is 1. The van der Waals surface area contributed by atoms with Gasteiger partial charge in [0.1, 0.15) is 6.17 Å². The van der Waals surface area contributed by atoms with Gasteiger partial charge in [-0.25, -0.2) is 9.18 Å². The Labute approximate surface area is 177 Å². The van der Waals surface area contributed by atoms with E-state index in [9.17, 15) is 22.4 Å². The number of nitrogens with two attached hydrogens (primary N) is 1. The summed E-state index contributed by atoms with van der Waals surface area (Å²) in [5.74, 6) is -3.02. The Kier molecular flexibility index (Phi) is 8.15. The van der Waals surface area contributed by atoms with Gasteiger partial charge in [-0.2, -0.15) is 13.2 Å². The SMILES string of the molecule is C[C@@H](c1ccc(-c2ccccc2)cc1)[C@H](N)C(=O)N1CC[C@H](F)C1.O=C(O)C(F)(F)F. The van der Waals surface area contributed by atoms with Gasteiger partial charge in [-0.05, 0) is 23.1 Å². The number of hydrogen-bond acceptors (Lipinski definition) is 3. The number of carbonyl (C=O) groups is 2. The molecule has 0 aromatic heterocycles. The molecule has 1 saturated heterocycles. The molecule has 1 amide bonds. The highest BCUT2D eigenvalue weighted by Gasteiger charge is 2.38. The van der Waals surface area contributed by atoms with Gasteiger partial charge in [-0.1, -0.05) is 61.5 Å². The van der Waals surface area contributed by atoms with Crippen molar-refractivity contribution >= 4 is 11.9 Å². The highest BCUT2D eigenvalue weighted by atomic mass is 19.4. The number of rotatable bonds is 4. The van der Waals surface area contributed by atoms with E-state index < -0.39 is 24.4 Å². The topological polar surface area (TPSA) is 83.6 Å². The number of nitrogens with zero attached hydrogens (tertiary/aromatic N) is 1. The zero-order valence-electron chi connectivity index (χ0n) is 16.8. The molecular weight excluding hydrogens is 416 g/mol. The summed E-state index contributed by atoms with van der Waals surface area (Å²) < 4.78 is 45.0. The van der Waals surface area contributed by atoms with Gasteiger partial charge in [-0.3, -0.25) is 4.79 Å². The lowest BCUT2D eigenvalue weighted by molar-refractivity contribution is -0.192. The molecule has 168 valence electrons. The van der Waals surface area contributed by atoms with Crippen LogP contribution in [0.5, 0.6) is 0 Å². The third-order valence-electron chi connectivity index (χ3n) is 5.05. The summed E-state index contributed by atoms with van der Waals surface area (Å²) in [5, 5.41) is 7.12. The first-order valence-electron chi connectivity index (χ1n) is 9.64. The summed E-state index contributed by atoms with van der Waals surface area (Å²) in [6, 6.07) is 17.6. The lowest BCUT2D eigenvalue weighted by Crippen LogP contribution is -2.45. The van der Waals surface area contributed by atoms with E-state index in [4.69, 9.17) is 15.6 Å². The second-order valence-corrected chi connectivity index (χ2v) is 7.28. The molecule has 3 N–H and O–H groups in total. The van der Waals surface area contributed by atoms with Gasteiger partial charge in [0.05, 0.1) is 12.6 Å². The first kappa shape index (κ1) is 24.3. The lowest BCUT2D eigenvalue weighted by atomic mass is 9.91. The molecule has 1 fully saturated rings. The minimum Gasteiger partial charge on any atom is -0.475 e. The highest BCUT2D eigenvalue weighted by molar-refractivity contribution is 5.83. The number of benzene rings is 2. The first-order chi connectivity index (χ1) is 14.5. The number of amides is 1. The third-order valence-corrected chi connectivity index (χ3v) is 5.05. The Bertz CT molecular complexity index is 873. The van der Waals surface area contributed by atoms with Crippen LogP contribution in [0.25, 0.3) is 11.1 Å². The molecule has 1 heterocycles. The van der Waals surface area contributed by atoms with Crippen LogP contribution in [-0.2, 0) is 9.59 Å². The Hall–Kier alpha value is -2.94. The van der Waals surface area contributed by atoms with Crippen molar-refractivity contribution in [3.8, 4) is 11.1 Å². The summed E-state index contributed by atoms with van der Waals surface area (Å²) in [5.41, 5.74) is 9.46. The molecule has 2 aromatic carbocycles. The van der Waals surface area contributed by atoms with Crippen LogP contribution in [0, 0.1) is 0 Å². The van der Waals surface area contributed by atoms with Gasteiger partial charge < -0.3 is 15.7 Å². The van der Waals surface area contributed by atoms with Gasteiger partial charge in [0, 0.05) is 12.5 Å². The minimum atomic E-state index is -5.08. The van der Waals surface area contributed by atoms with Gasteiger partial charge >= 0.3 is 12.1 Å². The molecule has 2 aromatic rings. The van der Waals surface area contributed by atoms with E-state index in [1.165, 1.54) is 0 Å². The normalized spacial score (nSPS) is 18.0. The van der Waals surface area contributed by atoms with Crippen LogP contribution in [0.15, 0.2) is 54.6 Å². The maximum Gasteiger partial charge on any atom is 0.490 e. The second kappa shape index (κ2) is 10.4. The average Bonchev–Trinajstić information content (AvgIpc) is 3.19. The number of alkyl halides is 4. The molecule has 0 saturated carbocycles. The van der Waals surface area contributed by atoms with E-state index in [-0.39, 0.29) is 18.4 Å². The van der Waals surface area contributed by atoms with Crippen LogP contribution in [-0.4, -0.2) is 53.4 Å². The van der Waals surface area contributed by atoms with Crippen LogP contribution >= 0.6 is 0 Å². The maximum absolute atomic E-state index is 13.3. The average molecular weight is 440 g/mol. The predicted molar refractivity (Wildman–Crippen MR) is 108 cm³/mol. The van der Waals surface area contributed by atoms with Crippen LogP contribution in [0.2, 0.25) is 0 Å². The van der Waals surface area contributed by atoms with Crippen LogP contribution in [0.1, 0.15) is 24.8 Å². The van der Waals surface area contributed by atoms with E-state index in [2.05, 4.69) is 12.1 Å². The van der Waals surface area contributed by atoms with E-state index in [1.54, 1.807) is 4.90 Å². The largest absolute Gasteiger partial charge is 0.490 e. The Morgan fingerprint density at radius 1 is 1.06 bits per heavy atom. The molecule has 3 rings (SSSR count). The Morgan fingerprint density at radius 3 is 2.03 bits per heavy atom. The minimum absolute atomic E-state index is 0.110.